The number of amides is 2. The third kappa shape index (κ3) is 6.41. The fraction of sp³-hybridized carbons (Fsp3) is 0.333. The lowest BCUT2D eigenvalue weighted by molar-refractivity contribution is -0.142. The van der Waals surface area contributed by atoms with E-state index in [1.54, 1.807) is 31.4 Å². The number of carbonyl (C=O) groups excluding carboxylic acids is 2. The van der Waals surface area contributed by atoms with Gasteiger partial charge in [-0.1, -0.05) is 35.5 Å². The lowest BCUT2D eigenvalue weighted by Crippen LogP contribution is -2.46. The van der Waals surface area contributed by atoms with E-state index >= 15 is 0 Å². The maximum Gasteiger partial charge on any atom is 0.247 e. The van der Waals surface area contributed by atoms with Gasteiger partial charge in [-0.05, 0) is 60.4 Å². The highest BCUT2D eigenvalue weighted by Crippen LogP contribution is 2.33. The number of phenols is 1. The molecular formula is C30H33N5O6. The Labute approximate surface area is 237 Å². The first-order valence-electron chi connectivity index (χ1n) is 13.4. The van der Waals surface area contributed by atoms with Crippen LogP contribution >= 0.6 is 0 Å². The molecule has 1 aliphatic rings. The van der Waals surface area contributed by atoms with Crippen LogP contribution in [0.5, 0.6) is 17.2 Å². The summed E-state index contributed by atoms with van der Waals surface area (Å²) in [6, 6.07) is 18.3. The van der Waals surface area contributed by atoms with Gasteiger partial charge in [0.25, 0.3) is 0 Å². The quantitative estimate of drug-likeness (QED) is 0.287. The van der Waals surface area contributed by atoms with Crippen molar-refractivity contribution in [3.63, 3.8) is 0 Å². The summed E-state index contributed by atoms with van der Waals surface area (Å²) in [5.41, 5.74) is 2.65. The average molecular weight is 560 g/mol. The number of nitrogens with one attached hydrogen (secondary N) is 1. The summed E-state index contributed by atoms with van der Waals surface area (Å²) in [5, 5.41) is 21.6. The third-order valence-electron chi connectivity index (χ3n) is 7.15. The van der Waals surface area contributed by atoms with Gasteiger partial charge >= 0.3 is 0 Å². The van der Waals surface area contributed by atoms with Crippen molar-refractivity contribution in [3.8, 4) is 17.2 Å². The lowest BCUT2D eigenvalue weighted by atomic mass is 10.0. The zero-order valence-electron chi connectivity index (χ0n) is 23.0. The number of aromatic nitrogens is 3. The molecule has 0 bridgehead atoms. The average Bonchev–Trinajstić information content (AvgIpc) is 3.67. The van der Waals surface area contributed by atoms with Crippen molar-refractivity contribution >= 4 is 22.8 Å². The Hall–Kier alpha value is -4.64. The number of fused-ring (bicyclic) bond motifs is 1. The maximum atomic E-state index is 14.1. The highest BCUT2D eigenvalue weighted by atomic mass is 16.5. The summed E-state index contributed by atoms with van der Waals surface area (Å²) < 4.78 is 17.8. The smallest absolute Gasteiger partial charge is 0.247 e. The van der Waals surface area contributed by atoms with Crippen LogP contribution in [0.3, 0.4) is 0 Å². The first-order chi connectivity index (χ1) is 20.0. The van der Waals surface area contributed by atoms with E-state index in [1.165, 1.54) is 22.8 Å². The number of carbonyl (C=O) groups is 2. The van der Waals surface area contributed by atoms with Crippen molar-refractivity contribution in [1.29, 1.82) is 0 Å². The molecule has 214 valence electrons. The van der Waals surface area contributed by atoms with Gasteiger partial charge in [-0.25, -0.2) is 4.68 Å². The second-order valence-electron chi connectivity index (χ2n) is 9.82. The molecule has 11 nitrogen and oxygen atoms in total. The number of nitrogens with zero attached hydrogens (tertiary/aromatic N) is 4. The molecule has 0 radical (unpaired) electrons. The van der Waals surface area contributed by atoms with Crippen LogP contribution in [0.25, 0.3) is 11.0 Å². The fourth-order valence-corrected chi connectivity index (χ4v) is 4.96. The SMILES string of the molecule is COc1ccc(CN(C(=O)Cn2nnc3ccccc32)C(C(=O)NCC2CCCO2)c2ccc(O)c(OC)c2)cc1. The van der Waals surface area contributed by atoms with E-state index in [1.807, 2.05) is 36.4 Å². The molecule has 2 unspecified atom stereocenters. The Morgan fingerprint density at radius 3 is 2.66 bits per heavy atom. The van der Waals surface area contributed by atoms with Gasteiger partial charge in [-0.2, -0.15) is 0 Å². The van der Waals surface area contributed by atoms with Gasteiger partial charge in [0.2, 0.25) is 11.8 Å². The van der Waals surface area contributed by atoms with Gasteiger partial charge in [0.15, 0.2) is 11.5 Å². The molecule has 3 aromatic carbocycles. The Balaban J connectivity index is 1.53. The van der Waals surface area contributed by atoms with E-state index in [9.17, 15) is 14.7 Å². The normalized spacial score (nSPS) is 15.4. The minimum Gasteiger partial charge on any atom is -0.504 e. The van der Waals surface area contributed by atoms with Crippen molar-refractivity contribution in [1.82, 2.24) is 25.2 Å². The van der Waals surface area contributed by atoms with Gasteiger partial charge in [0.1, 0.15) is 23.9 Å². The molecule has 2 amide bonds. The molecule has 2 heterocycles. The fourth-order valence-electron chi connectivity index (χ4n) is 4.96. The molecule has 1 aromatic heterocycles. The van der Waals surface area contributed by atoms with E-state index in [0.717, 1.165) is 18.4 Å². The van der Waals surface area contributed by atoms with Gasteiger partial charge in [-0.3, -0.25) is 9.59 Å². The van der Waals surface area contributed by atoms with Crippen molar-refractivity contribution in [2.75, 3.05) is 27.4 Å². The molecular weight excluding hydrogens is 526 g/mol. The predicted molar refractivity (Wildman–Crippen MR) is 150 cm³/mol. The Bertz CT molecular complexity index is 1500. The first kappa shape index (κ1) is 27.9. The maximum absolute atomic E-state index is 14.1. The molecule has 0 saturated carbocycles. The van der Waals surface area contributed by atoms with Gasteiger partial charge in [0, 0.05) is 19.7 Å². The number of hydrogen-bond donors (Lipinski definition) is 2. The number of methoxy groups -OCH3 is 2. The summed E-state index contributed by atoms with van der Waals surface area (Å²) in [6.45, 7) is 0.966. The zero-order chi connectivity index (χ0) is 28.8. The van der Waals surface area contributed by atoms with E-state index < -0.39 is 6.04 Å². The standard InChI is InChI=1S/C30H33N5O6/c1-39-22-12-9-20(10-13-22)18-34(28(37)19-35-25-8-4-3-7-24(25)32-33-35)29(21-11-14-26(36)27(16-21)40-2)30(38)31-17-23-6-5-15-41-23/h3-4,7-14,16,23,29,36H,5-6,15,17-19H2,1-2H3,(H,31,38). The number of ether oxygens (including phenoxy) is 3. The first-order valence-corrected chi connectivity index (χ1v) is 13.4. The number of benzene rings is 3. The van der Waals surface area contributed by atoms with Crippen LogP contribution in [0.2, 0.25) is 0 Å². The van der Waals surface area contributed by atoms with Crippen LogP contribution in [0.15, 0.2) is 66.7 Å². The number of rotatable bonds is 11. The summed E-state index contributed by atoms with van der Waals surface area (Å²) in [4.78, 5) is 29.5. The monoisotopic (exact) mass is 559 g/mol. The molecule has 4 aromatic rings. The van der Waals surface area contributed by atoms with Crippen LogP contribution in [0, 0.1) is 0 Å². The third-order valence-corrected chi connectivity index (χ3v) is 7.15. The minimum atomic E-state index is -1.05. The number of phenolic OH excluding ortho intramolecular Hbond substituents is 1. The Kier molecular flexibility index (Phi) is 8.64. The topological polar surface area (TPSA) is 128 Å². The van der Waals surface area contributed by atoms with Gasteiger partial charge < -0.3 is 29.5 Å². The molecule has 2 atom stereocenters. The van der Waals surface area contributed by atoms with Crippen LogP contribution < -0.4 is 14.8 Å². The van der Waals surface area contributed by atoms with Gasteiger partial charge in [-0.15, -0.1) is 5.10 Å². The molecule has 2 N–H and O–H groups in total. The number of para-hydroxylation sites is 1. The lowest BCUT2D eigenvalue weighted by Gasteiger charge is -2.32. The molecule has 1 saturated heterocycles. The van der Waals surface area contributed by atoms with Crippen LogP contribution in [-0.2, 0) is 27.4 Å². The summed E-state index contributed by atoms with van der Waals surface area (Å²) in [6.07, 6.45) is 1.71. The number of hydrogen-bond acceptors (Lipinski definition) is 8. The summed E-state index contributed by atoms with van der Waals surface area (Å²) in [7, 11) is 3.02. The van der Waals surface area contributed by atoms with Crippen LogP contribution in [-0.4, -0.2) is 70.3 Å². The molecule has 41 heavy (non-hydrogen) atoms. The highest BCUT2D eigenvalue weighted by Gasteiger charge is 2.33. The van der Waals surface area contributed by atoms with Crippen molar-refractivity contribution in [3.05, 3.63) is 77.9 Å². The second-order valence-corrected chi connectivity index (χ2v) is 9.82. The Morgan fingerprint density at radius 2 is 1.93 bits per heavy atom. The molecule has 0 spiro atoms. The van der Waals surface area contributed by atoms with Crippen molar-refractivity contribution < 1.29 is 28.9 Å². The predicted octanol–water partition coefficient (Wildman–Crippen LogP) is 3.22. The second kappa shape index (κ2) is 12.7. The molecule has 11 heteroatoms. The van der Waals surface area contributed by atoms with Crippen LogP contribution in [0.1, 0.15) is 30.0 Å². The van der Waals surface area contributed by atoms with Crippen LogP contribution in [0.4, 0.5) is 0 Å². The largest absolute Gasteiger partial charge is 0.504 e. The van der Waals surface area contributed by atoms with Crippen molar-refractivity contribution in [2.45, 2.75) is 38.1 Å². The number of aromatic hydroxyl groups is 1. The Morgan fingerprint density at radius 1 is 1.12 bits per heavy atom. The molecule has 0 aliphatic carbocycles. The van der Waals surface area contributed by atoms with Gasteiger partial charge in [0.05, 0.1) is 25.8 Å². The molecule has 1 fully saturated rings. The minimum absolute atomic E-state index is 0.0723. The van der Waals surface area contributed by atoms with Crippen molar-refractivity contribution in [2.24, 2.45) is 0 Å². The highest BCUT2D eigenvalue weighted by molar-refractivity contribution is 5.89. The zero-order valence-corrected chi connectivity index (χ0v) is 23.0. The summed E-state index contributed by atoms with van der Waals surface area (Å²) in [5.74, 6) is 0.0737. The van der Waals surface area contributed by atoms with E-state index in [0.29, 0.717) is 35.5 Å². The van der Waals surface area contributed by atoms with E-state index in [4.69, 9.17) is 14.2 Å². The van der Waals surface area contributed by atoms with E-state index in [-0.39, 0.29) is 42.5 Å². The molecule has 1 aliphatic heterocycles. The molecule has 5 rings (SSSR count). The van der Waals surface area contributed by atoms with E-state index in [2.05, 4.69) is 15.6 Å². The summed E-state index contributed by atoms with van der Waals surface area (Å²) >= 11 is 0.